The first kappa shape index (κ1) is 24.7. The summed E-state index contributed by atoms with van der Waals surface area (Å²) in [5.74, 6) is -0.543. The van der Waals surface area contributed by atoms with Gasteiger partial charge in [0.25, 0.3) is 0 Å². The summed E-state index contributed by atoms with van der Waals surface area (Å²) in [6.45, 7) is 4.16. The molecule has 2 rings (SSSR count). The number of methoxy groups -OCH3 is 1. The molecule has 10 nitrogen and oxygen atoms in total. The van der Waals surface area contributed by atoms with Crippen LogP contribution in [0, 0.1) is 0 Å². The van der Waals surface area contributed by atoms with Gasteiger partial charge in [0.1, 0.15) is 11.8 Å². The van der Waals surface area contributed by atoms with Crippen molar-refractivity contribution in [1.29, 1.82) is 0 Å². The highest BCUT2D eigenvalue weighted by atomic mass is 16.5. The Bertz CT molecular complexity index is 881. The zero-order valence-corrected chi connectivity index (χ0v) is 18.6. The second-order valence-corrected chi connectivity index (χ2v) is 7.78. The van der Waals surface area contributed by atoms with Crippen LogP contribution in [0.15, 0.2) is 35.9 Å². The number of hydrogen-bond donors (Lipinski definition) is 4. The van der Waals surface area contributed by atoms with Crippen molar-refractivity contribution in [1.82, 2.24) is 15.5 Å². The summed E-state index contributed by atoms with van der Waals surface area (Å²) >= 11 is 0. The Balaban J connectivity index is 2.09. The van der Waals surface area contributed by atoms with Crippen LogP contribution in [-0.4, -0.2) is 60.9 Å². The van der Waals surface area contributed by atoms with Crippen LogP contribution in [0.1, 0.15) is 33.1 Å². The van der Waals surface area contributed by atoms with Gasteiger partial charge in [-0.3, -0.25) is 14.4 Å². The average molecular weight is 446 g/mol. The predicted octanol–water partition coefficient (Wildman–Crippen LogP) is 1.13. The van der Waals surface area contributed by atoms with Gasteiger partial charge < -0.3 is 31.3 Å². The number of nitrogens with one attached hydrogen (secondary N) is 3. The summed E-state index contributed by atoms with van der Waals surface area (Å²) < 4.78 is 5.15. The minimum atomic E-state index is -0.872. The van der Waals surface area contributed by atoms with Crippen molar-refractivity contribution in [2.24, 2.45) is 5.73 Å². The molecule has 0 bridgehead atoms. The van der Waals surface area contributed by atoms with Gasteiger partial charge in [0.05, 0.1) is 13.2 Å². The third-order valence-corrected chi connectivity index (χ3v) is 4.91. The number of likely N-dealkylation sites (tertiary alicyclic amines) is 1. The smallest absolute Gasteiger partial charge is 0.319 e. The summed E-state index contributed by atoms with van der Waals surface area (Å²) in [7, 11) is 1.53. The van der Waals surface area contributed by atoms with Gasteiger partial charge in [-0.05, 0) is 38.8 Å². The molecule has 174 valence electrons. The fourth-order valence-electron chi connectivity index (χ4n) is 3.46. The first-order chi connectivity index (χ1) is 15.2. The lowest BCUT2D eigenvalue weighted by Gasteiger charge is -2.27. The molecule has 10 heteroatoms. The molecule has 32 heavy (non-hydrogen) atoms. The van der Waals surface area contributed by atoms with Gasteiger partial charge in [0, 0.05) is 37.3 Å². The second-order valence-electron chi connectivity index (χ2n) is 7.78. The van der Waals surface area contributed by atoms with Crippen molar-refractivity contribution < 1.29 is 23.9 Å². The molecule has 0 spiro atoms. The lowest BCUT2D eigenvalue weighted by atomic mass is 10.1. The van der Waals surface area contributed by atoms with Crippen LogP contribution in [-0.2, 0) is 14.4 Å². The topological polar surface area (TPSA) is 143 Å². The molecule has 0 saturated carbocycles. The quantitative estimate of drug-likeness (QED) is 0.333. The summed E-state index contributed by atoms with van der Waals surface area (Å²) in [5.41, 5.74) is 6.47. The normalized spacial score (nSPS) is 17.3. The van der Waals surface area contributed by atoms with Gasteiger partial charge in [-0.15, -0.1) is 0 Å². The summed E-state index contributed by atoms with van der Waals surface area (Å²) in [6.07, 6.45) is 2.43. The molecule has 2 atom stereocenters. The van der Waals surface area contributed by atoms with Gasteiger partial charge in [-0.1, -0.05) is 11.6 Å². The maximum absolute atomic E-state index is 12.9. The number of anilines is 1. The molecular weight excluding hydrogens is 414 g/mol. The number of allylic oxidation sites excluding steroid dienone is 1. The van der Waals surface area contributed by atoms with E-state index in [9.17, 15) is 19.2 Å². The average Bonchev–Trinajstić information content (AvgIpc) is 3.14. The van der Waals surface area contributed by atoms with Crippen LogP contribution in [0.4, 0.5) is 10.5 Å². The monoisotopic (exact) mass is 445 g/mol. The van der Waals surface area contributed by atoms with Crippen molar-refractivity contribution in [3.63, 3.8) is 0 Å². The maximum Gasteiger partial charge on any atom is 0.319 e. The molecule has 1 saturated heterocycles. The zero-order valence-electron chi connectivity index (χ0n) is 18.6. The van der Waals surface area contributed by atoms with Crippen molar-refractivity contribution in [2.45, 2.75) is 45.2 Å². The van der Waals surface area contributed by atoms with E-state index in [0.717, 1.165) is 5.57 Å². The summed E-state index contributed by atoms with van der Waals surface area (Å²) in [4.78, 5) is 50.5. The van der Waals surface area contributed by atoms with Crippen molar-refractivity contribution in [2.75, 3.05) is 25.5 Å². The largest absolute Gasteiger partial charge is 0.497 e. The first-order valence-electron chi connectivity index (χ1n) is 10.4. The molecule has 1 aliphatic heterocycles. The number of amides is 5. The van der Waals surface area contributed by atoms with Crippen molar-refractivity contribution in [3.05, 3.63) is 35.9 Å². The van der Waals surface area contributed by atoms with E-state index < -0.39 is 29.9 Å². The summed E-state index contributed by atoms with van der Waals surface area (Å²) in [5, 5.41) is 8.25. The molecular formula is C22H31N5O5. The van der Waals surface area contributed by atoms with Crippen LogP contribution in [0.2, 0.25) is 0 Å². The number of urea groups is 1. The highest BCUT2D eigenvalue weighted by Crippen LogP contribution is 2.21. The third-order valence-electron chi connectivity index (χ3n) is 4.91. The van der Waals surface area contributed by atoms with E-state index in [1.807, 2.05) is 0 Å². The summed E-state index contributed by atoms with van der Waals surface area (Å²) in [6, 6.07) is 4.93. The van der Waals surface area contributed by atoms with Crippen molar-refractivity contribution >= 4 is 29.4 Å². The SMILES string of the molecule is COc1cccc(NC(=O)N[C@H]2CCN(C(=O)C=C(C)C)[C@@H]2C(=O)NCCCC(N)=O)c1. The van der Waals surface area contributed by atoms with E-state index in [2.05, 4.69) is 16.0 Å². The second kappa shape index (κ2) is 11.7. The van der Waals surface area contributed by atoms with Gasteiger partial charge in [0.15, 0.2) is 0 Å². The molecule has 0 aromatic heterocycles. The molecule has 1 fully saturated rings. The Hall–Kier alpha value is -3.56. The Kier molecular flexibility index (Phi) is 9.06. The molecule has 5 N–H and O–H groups in total. The number of carbonyl (C=O) groups excluding carboxylic acids is 4. The molecule has 0 radical (unpaired) electrons. The fourth-order valence-corrected chi connectivity index (χ4v) is 3.46. The third kappa shape index (κ3) is 7.29. The van der Waals surface area contributed by atoms with E-state index in [4.69, 9.17) is 10.5 Å². The number of primary amides is 1. The van der Waals surface area contributed by atoms with E-state index in [1.165, 1.54) is 18.1 Å². The van der Waals surface area contributed by atoms with E-state index >= 15 is 0 Å². The highest BCUT2D eigenvalue weighted by molar-refractivity contribution is 5.95. The lowest BCUT2D eigenvalue weighted by Crippen LogP contribution is -2.55. The lowest BCUT2D eigenvalue weighted by molar-refractivity contribution is -0.135. The number of benzene rings is 1. The number of ether oxygens (including phenoxy) is 1. The van der Waals surface area contributed by atoms with Crippen LogP contribution < -0.4 is 26.4 Å². The van der Waals surface area contributed by atoms with E-state index in [0.29, 0.717) is 30.8 Å². The molecule has 5 amide bonds. The Morgan fingerprint density at radius 1 is 1.25 bits per heavy atom. The Morgan fingerprint density at radius 2 is 2.00 bits per heavy atom. The first-order valence-corrected chi connectivity index (χ1v) is 10.4. The number of rotatable bonds is 9. The van der Waals surface area contributed by atoms with E-state index in [-0.39, 0.29) is 18.9 Å². The number of nitrogens with two attached hydrogens (primary N) is 1. The predicted molar refractivity (Wildman–Crippen MR) is 120 cm³/mol. The van der Waals surface area contributed by atoms with Crippen LogP contribution in [0.5, 0.6) is 5.75 Å². The van der Waals surface area contributed by atoms with Crippen molar-refractivity contribution in [3.8, 4) is 5.75 Å². The minimum absolute atomic E-state index is 0.149. The molecule has 1 aliphatic rings. The number of hydrogen-bond acceptors (Lipinski definition) is 5. The molecule has 1 aromatic carbocycles. The highest BCUT2D eigenvalue weighted by Gasteiger charge is 2.42. The zero-order chi connectivity index (χ0) is 23.7. The molecule has 1 aromatic rings. The fraction of sp³-hybridized carbons (Fsp3) is 0.455. The van der Waals surface area contributed by atoms with Crippen LogP contribution in [0.25, 0.3) is 0 Å². The number of carbonyl (C=O) groups is 4. The van der Waals surface area contributed by atoms with Gasteiger partial charge in [-0.25, -0.2) is 4.79 Å². The Morgan fingerprint density at radius 3 is 2.66 bits per heavy atom. The van der Waals surface area contributed by atoms with Gasteiger partial charge in [0.2, 0.25) is 17.7 Å². The number of nitrogens with zero attached hydrogens (tertiary/aromatic N) is 1. The molecule has 0 unspecified atom stereocenters. The van der Waals surface area contributed by atoms with Crippen LogP contribution >= 0.6 is 0 Å². The van der Waals surface area contributed by atoms with Gasteiger partial charge >= 0.3 is 6.03 Å². The standard InChI is InChI=1S/C22H31N5O5/c1-14(2)12-19(29)27-11-9-17(20(27)21(30)24-10-5-8-18(23)28)26-22(31)25-15-6-4-7-16(13-15)32-3/h4,6-7,12-13,17,20H,5,8-11H2,1-3H3,(H2,23,28)(H,24,30)(H2,25,26,31)/t17-,20-/m0/s1. The Labute approximate surface area is 187 Å². The van der Waals surface area contributed by atoms with Crippen LogP contribution in [0.3, 0.4) is 0 Å². The minimum Gasteiger partial charge on any atom is -0.497 e. The molecule has 0 aliphatic carbocycles. The van der Waals surface area contributed by atoms with E-state index in [1.54, 1.807) is 38.1 Å². The van der Waals surface area contributed by atoms with Gasteiger partial charge in [-0.2, -0.15) is 0 Å². The molecule has 1 heterocycles. The maximum atomic E-state index is 12.9.